The maximum atomic E-state index is 12.9. The molecule has 17 heavy (non-hydrogen) atoms. The molecule has 0 saturated heterocycles. The zero-order valence-corrected chi connectivity index (χ0v) is 9.94. The Morgan fingerprint density at radius 1 is 1.12 bits per heavy atom. The van der Waals surface area contributed by atoms with Gasteiger partial charge in [0, 0.05) is 12.4 Å². The van der Waals surface area contributed by atoms with Crippen LogP contribution in [0.5, 0.6) is 0 Å². The molecule has 0 saturated carbocycles. The van der Waals surface area contributed by atoms with Crippen molar-refractivity contribution in [2.24, 2.45) is 0 Å². The first-order valence-electron chi connectivity index (χ1n) is 5.55. The molecule has 1 unspecified atom stereocenters. The van der Waals surface area contributed by atoms with Crippen molar-refractivity contribution in [3.63, 3.8) is 0 Å². The van der Waals surface area contributed by atoms with Gasteiger partial charge in [0.05, 0.1) is 6.04 Å². The Balaban J connectivity index is 2.36. The van der Waals surface area contributed by atoms with Crippen molar-refractivity contribution in [3.8, 4) is 0 Å². The molecule has 2 nitrogen and oxygen atoms in total. The van der Waals surface area contributed by atoms with Gasteiger partial charge in [0.1, 0.15) is 5.82 Å². The maximum Gasteiger partial charge on any atom is 0.123 e. The summed E-state index contributed by atoms with van der Waals surface area (Å²) in [5.74, 6) is -0.217. The van der Waals surface area contributed by atoms with E-state index in [2.05, 4.69) is 16.4 Å². The zero-order valence-electron chi connectivity index (χ0n) is 9.94. The summed E-state index contributed by atoms with van der Waals surface area (Å²) in [4.78, 5) is 4.18. The van der Waals surface area contributed by atoms with Crippen LogP contribution in [0.4, 0.5) is 4.39 Å². The molecule has 3 heteroatoms. The summed E-state index contributed by atoms with van der Waals surface area (Å²) in [5, 5.41) is 3.22. The van der Waals surface area contributed by atoms with Crippen molar-refractivity contribution < 1.29 is 4.39 Å². The molecule has 0 spiro atoms. The normalized spacial score (nSPS) is 12.4. The highest BCUT2D eigenvalue weighted by atomic mass is 19.1. The van der Waals surface area contributed by atoms with E-state index in [1.807, 2.05) is 26.4 Å². The highest BCUT2D eigenvalue weighted by Crippen LogP contribution is 2.21. The SMILES string of the molecule is CNC(c1ccc(F)cc1)c1cncc(C)c1. The van der Waals surface area contributed by atoms with Gasteiger partial charge in [0.15, 0.2) is 0 Å². The third-order valence-electron chi connectivity index (χ3n) is 2.72. The average molecular weight is 230 g/mol. The van der Waals surface area contributed by atoms with E-state index in [1.165, 1.54) is 12.1 Å². The van der Waals surface area contributed by atoms with E-state index >= 15 is 0 Å². The summed E-state index contributed by atoms with van der Waals surface area (Å²) in [6.45, 7) is 2.01. The van der Waals surface area contributed by atoms with Crippen LogP contribution in [0, 0.1) is 12.7 Å². The molecule has 2 rings (SSSR count). The summed E-state index contributed by atoms with van der Waals surface area (Å²) in [5.41, 5.74) is 3.23. The number of halogens is 1. The highest BCUT2D eigenvalue weighted by molar-refractivity contribution is 5.31. The van der Waals surface area contributed by atoms with Gasteiger partial charge < -0.3 is 5.32 Å². The predicted molar refractivity (Wildman–Crippen MR) is 66.3 cm³/mol. The number of aryl methyl sites for hydroxylation is 1. The Bertz CT molecular complexity index is 494. The Kier molecular flexibility index (Phi) is 3.49. The van der Waals surface area contributed by atoms with Crippen molar-refractivity contribution in [2.75, 3.05) is 7.05 Å². The topological polar surface area (TPSA) is 24.9 Å². The number of hydrogen-bond acceptors (Lipinski definition) is 2. The van der Waals surface area contributed by atoms with Crippen molar-refractivity contribution in [2.45, 2.75) is 13.0 Å². The number of pyridine rings is 1. The lowest BCUT2D eigenvalue weighted by Crippen LogP contribution is -2.17. The quantitative estimate of drug-likeness (QED) is 0.877. The van der Waals surface area contributed by atoms with Gasteiger partial charge in [-0.25, -0.2) is 4.39 Å². The summed E-state index contributed by atoms with van der Waals surface area (Å²) in [7, 11) is 1.89. The smallest absolute Gasteiger partial charge is 0.123 e. The fraction of sp³-hybridized carbons (Fsp3) is 0.214. The molecule has 88 valence electrons. The van der Waals surface area contributed by atoms with Crippen molar-refractivity contribution in [1.82, 2.24) is 10.3 Å². The summed E-state index contributed by atoms with van der Waals surface area (Å²) < 4.78 is 12.9. The second-order valence-electron chi connectivity index (χ2n) is 4.07. The van der Waals surface area contributed by atoms with E-state index in [0.717, 1.165) is 16.7 Å². The van der Waals surface area contributed by atoms with Crippen molar-refractivity contribution in [3.05, 3.63) is 65.2 Å². The minimum atomic E-state index is -0.217. The molecular weight excluding hydrogens is 215 g/mol. The van der Waals surface area contributed by atoms with E-state index in [0.29, 0.717) is 0 Å². The number of nitrogens with one attached hydrogen (secondary N) is 1. The highest BCUT2D eigenvalue weighted by Gasteiger charge is 2.12. The van der Waals surface area contributed by atoms with Crippen molar-refractivity contribution in [1.29, 1.82) is 0 Å². The lowest BCUT2D eigenvalue weighted by molar-refractivity contribution is 0.623. The number of rotatable bonds is 3. The maximum absolute atomic E-state index is 12.9. The van der Waals surface area contributed by atoms with Crippen LogP contribution in [-0.2, 0) is 0 Å². The van der Waals surface area contributed by atoms with Crippen LogP contribution in [0.3, 0.4) is 0 Å². The summed E-state index contributed by atoms with van der Waals surface area (Å²) >= 11 is 0. The Morgan fingerprint density at radius 3 is 2.41 bits per heavy atom. The monoisotopic (exact) mass is 230 g/mol. The van der Waals surface area contributed by atoms with E-state index < -0.39 is 0 Å². The first kappa shape index (κ1) is 11.7. The van der Waals surface area contributed by atoms with Crippen LogP contribution >= 0.6 is 0 Å². The second kappa shape index (κ2) is 5.06. The van der Waals surface area contributed by atoms with Gasteiger partial charge in [-0.3, -0.25) is 4.98 Å². The molecule has 0 radical (unpaired) electrons. The van der Waals surface area contributed by atoms with Crippen LogP contribution in [0.1, 0.15) is 22.7 Å². The van der Waals surface area contributed by atoms with Gasteiger partial charge in [-0.15, -0.1) is 0 Å². The molecule has 1 aromatic carbocycles. The number of benzene rings is 1. The van der Waals surface area contributed by atoms with Gasteiger partial charge in [-0.05, 0) is 42.8 Å². The molecular formula is C14H15FN2. The fourth-order valence-corrected chi connectivity index (χ4v) is 1.92. The Labute approximate surface area is 101 Å². The zero-order chi connectivity index (χ0) is 12.3. The van der Waals surface area contributed by atoms with Gasteiger partial charge in [-0.2, -0.15) is 0 Å². The molecule has 2 aromatic rings. The van der Waals surface area contributed by atoms with Gasteiger partial charge in [-0.1, -0.05) is 18.2 Å². The molecule has 0 aliphatic rings. The van der Waals surface area contributed by atoms with Gasteiger partial charge in [0.2, 0.25) is 0 Å². The van der Waals surface area contributed by atoms with Gasteiger partial charge >= 0.3 is 0 Å². The predicted octanol–water partition coefficient (Wildman–Crippen LogP) is 2.84. The van der Waals surface area contributed by atoms with E-state index in [1.54, 1.807) is 12.1 Å². The van der Waals surface area contributed by atoms with Crippen molar-refractivity contribution >= 4 is 0 Å². The van der Waals surface area contributed by atoms with Crippen LogP contribution in [0.2, 0.25) is 0 Å². The molecule has 0 aliphatic carbocycles. The minimum absolute atomic E-state index is 0.0444. The fourth-order valence-electron chi connectivity index (χ4n) is 1.92. The number of hydrogen-bond donors (Lipinski definition) is 1. The summed E-state index contributed by atoms with van der Waals surface area (Å²) in [6.07, 6.45) is 3.65. The Morgan fingerprint density at radius 2 is 1.82 bits per heavy atom. The first-order valence-corrected chi connectivity index (χ1v) is 5.55. The second-order valence-corrected chi connectivity index (χ2v) is 4.07. The molecule has 1 atom stereocenters. The van der Waals surface area contributed by atoms with Crippen LogP contribution < -0.4 is 5.32 Å². The largest absolute Gasteiger partial charge is 0.309 e. The van der Waals surface area contributed by atoms with Gasteiger partial charge in [0.25, 0.3) is 0 Å². The molecule has 0 fully saturated rings. The van der Waals surface area contributed by atoms with Crippen LogP contribution in [0.25, 0.3) is 0 Å². The molecule has 0 aliphatic heterocycles. The average Bonchev–Trinajstić information content (AvgIpc) is 2.33. The number of nitrogens with zero attached hydrogens (tertiary/aromatic N) is 1. The third kappa shape index (κ3) is 2.68. The molecule has 1 aromatic heterocycles. The molecule has 1 heterocycles. The van der Waals surface area contributed by atoms with E-state index in [-0.39, 0.29) is 11.9 Å². The molecule has 1 N–H and O–H groups in total. The minimum Gasteiger partial charge on any atom is -0.309 e. The Hall–Kier alpha value is -1.74. The summed E-state index contributed by atoms with van der Waals surface area (Å²) in [6, 6.07) is 8.66. The third-order valence-corrected chi connectivity index (χ3v) is 2.72. The molecule has 0 bridgehead atoms. The lowest BCUT2D eigenvalue weighted by Gasteiger charge is -2.17. The first-order chi connectivity index (χ1) is 8.20. The van der Waals surface area contributed by atoms with E-state index in [4.69, 9.17) is 0 Å². The number of aromatic nitrogens is 1. The molecule has 0 amide bonds. The van der Waals surface area contributed by atoms with Crippen LogP contribution in [-0.4, -0.2) is 12.0 Å². The van der Waals surface area contributed by atoms with E-state index in [9.17, 15) is 4.39 Å². The lowest BCUT2D eigenvalue weighted by atomic mass is 9.99. The van der Waals surface area contributed by atoms with Crippen LogP contribution in [0.15, 0.2) is 42.7 Å². The standard InChI is InChI=1S/C14H15FN2/c1-10-7-12(9-17-8-10)14(16-2)11-3-5-13(15)6-4-11/h3-9,14,16H,1-2H3.